The number of pyridine rings is 1. The second-order valence-corrected chi connectivity index (χ2v) is 7.71. The third-order valence-electron chi connectivity index (χ3n) is 5.10. The Hall–Kier alpha value is -1.65. The molecule has 0 spiro atoms. The lowest BCUT2D eigenvalue weighted by molar-refractivity contribution is 0.253. The lowest BCUT2D eigenvalue weighted by Gasteiger charge is -2.21. The van der Waals surface area contributed by atoms with Crippen LogP contribution in [-0.2, 0) is 13.1 Å². The van der Waals surface area contributed by atoms with E-state index in [1.165, 1.54) is 29.4 Å². The molecule has 1 fully saturated rings. The predicted octanol–water partition coefficient (Wildman–Crippen LogP) is 4.71. The smallest absolute Gasteiger partial charge is 0.106 e. The molecule has 4 heteroatoms. The SMILES string of the molecule is C[C@@H]1CC(Cn2ccc3cc(Br)ncc32)CN1Cc1ccccc1. The normalized spacial score (nSPS) is 21.6. The quantitative estimate of drug-likeness (QED) is 0.608. The number of halogens is 1. The van der Waals surface area contributed by atoms with Crippen LogP contribution in [0.25, 0.3) is 10.9 Å². The molecule has 0 N–H and O–H groups in total. The summed E-state index contributed by atoms with van der Waals surface area (Å²) in [6, 6.07) is 15.7. The van der Waals surface area contributed by atoms with Crippen LogP contribution in [0.2, 0.25) is 0 Å². The van der Waals surface area contributed by atoms with E-state index in [1.54, 1.807) is 0 Å². The summed E-state index contributed by atoms with van der Waals surface area (Å²) in [4.78, 5) is 7.00. The van der Waals surface area contributed by atoms with Crippen molar-refractivity contribution in [2.75, 3.05) is 6.54 Å². The minimum Gasteiger partial charge on any atom is -0.346 e. The number of benzene rings is 1. The van der Waals surface area contributed by atoms with Gasteiger partial charge in [0.15, 0.2) is 0 Å². The second-order valence-electron chi connectivity index (χ2n) is 6.90. The molecule has 1 saturated heterocycles. The van der Waals surface area contributed by atoms with Crippen LogP contribution < -0.4 is 0 Å². The Labute approximate surface area is 151 Å². The standard InChI is InChI=1S/C20H22BrN3/c1-15-9-17(14-24(15)12-16-5-3-2-4-6-16)13-23-8-7-18-10-20(21)22-11-19(18)23/h2-8,10-11,15,17H,9,12-14H2,1H3/t15-,17?/m1/s1. The van der Waals surface area contributed by atoms with Crippen molar-refractivity contribution in [2.24, 2.45) is 5.92 Å². The number of nitrogens with zero attached hydrogens (tertiary/aromatic N) is 3. The molecule has 3 aromatic rings. The van der Waals surface area contributed by atoms with E-state index >= 15 is 0 Å². The summed E-state index contributed by atoms with van der Waals surface area (Å²) in [5.74, 6) is 0.697. The van der Waals surface area contributed by atoms with Gasteiger partial charge in [-0.05, 0) is 52.9 Å². The van der Waals surface area contributed by atoms with Crippen LogP contribution >= 0.6 is 15.9 Å². The van der Waals surface area contributed by atoms with E-state index in [1.807, 2.05) is 6.20 Å². The van der Waals surface area contributed by atoms with E-state index in [0.717, 1.165) is 17.7 Å². The molecule has 3 nitrogen and oxygen atoms in total. The van der Waals surface area contributed by atoms with Crippen molar-refractivity contribution in [1.29, 1.82) is 0 Å². The van der Waals surface area contributed by atoms with Gasteiger partial charge in [-0.25, -0.2) is 4.98 Å². The molecule has 0 bridgehead atoms. The van der Waals surface area contributed by atoms with Crippen molar-refractivity contribution in [3.8, 4) is 0 Å². The summed E-state index contributed by atoms with van der Waals surface area (Å²) in [5, 5.41) is 1.25. The van der Waals surface area contributed by atoms with Gasteiger partial charge in [-0.2, -0.15) is 0 Å². The molecule has 1 aliphatic heterocycles. The molecule has 3 heterocycles. The van der Waals surface area contributed by atoms with Gasteiger partial charge in [0, 0.05) is 37.3 Å². The maximum Gasteiger partial charge on any atom is 0.106 e. The molecule has 2 atom stereocenters. The van der Waals surface area contributed by atoms with E-state index in [9.17, 15) is 0 Å². The topological polar surface area (TPSA) is 21.1 Å². The fourth-order valence-electron chi connectivity index (χ4n) is 3.89. The fourth-order valence-corrected chi connectivity index (χ4v) is 4.24. The summed E-state index contributed by atoms with van der Waals surface area (Å²) in [6.07, 6.45) is 5.43. The van der Waals surface area contributed by atoms with Gasteiger partial charge in [0.1, 0.15) is 4.60 Å². The third-order valence-corrected chi connectivity index (χ3v) is 5.53. The van der Waals surface area contributed by atoms with Crippen molar-refractivity contribution in [1.82, 2.24) is 14.5 Å². The Balaban J connectivity index is 1.46. The first kappa shape index (κ1) is 15.9. The summed E-state index contributed by atoms with van der Waals surface area (Å²) in [5.41, 5.74) is 2.64. The molecule has 0 amide bonds. The van der Waals surface area contributed by atoms with Crippen molar-refractivity contribution in [3.05, 3.63) is 65.0 Å². The van der Waals surface area contributed by atoms with Gasteiger partial charge in [0.2, 0.25) is 0 Å². The minimum absolute atomic E-state index is 0.643. The number of rotatable bonds is 4. The van der Waals surface area contributed by atoms with Crippen molar-refractivity contribution in [2.45, 2.75) is 32.5 Å². The molecule has 0 radical (unpaired) electrons. The van der Waals surface area contributed by atoms with Gasteiger partial charge in [-0.15, -0.1) is 0 Å². The molecule has 24 heavy (non-hydrogen) atoms. The van der Waals surface area contributed by atoms with Gasteiger partial charge in [0.05, 0.1) is 11.7 Å². The van der Waals surface area contributed by atoms with Crippen LogP contribution in [0.4, 0.5) is 0 Å². The lowest BCUT2D eigenvalue weighted by Crippen LogP contribution is -2.26. The lowest BCUT2D eigenvalue weighted by atomic mass is 10.1. The molecular formula is C20H22BrN3. The van der Waals surface area contributed by atoms with E-state index in [-0.39, 0.29) is 0 Å². The van der Waals surface area contributed by atoms with E-state index in [0.29, 0.717) is 12.0 Å². The average Bonchev–Trinajstić information content (AvgIpc) is 3.12. The fraction of sp³-hybridized carbons (Fsp3) is 0.350. The van der Waals surface area contributed by atoms with Crippen molar-refractivity contribution >= 4 is 26.8 Å². The Morgan fingerprint density at radius 3 is 2.88 bits per heavy atom. The highest BCUT2D eigenvalue weighted by atomic mass is 79.9. The zero-order valence-corrected chi connectivity index (χ0v) is 15.5. The Kier molecular flexibility index (Phi) is 4.42. The van der Waals surface area contributed by atoms with Gasteiger partial charge >= 0.3 is 0 Å². The summed E-state index contributed by atoms with van der Waals surface area (Å²) in [6.45, 7) is 5.65. The largest absolute Gasteiger partial charge is 0.346 e. The first-order valence-electron chi connectivity index (χ1n) is 8.57. The molecule has 0 aliphatic carbocycles. The zero-order valence-electron chi connectivity index (χ0n) is 13.9. The number of aromatic nitrogens is 2. The molecule has 0 saturated carbocycles. The minimum atomic E-state index is 0.643. The Morgan fingerprint density at radius 2 is 2.04 bits per heavy atom. The van der Waals surface area contributed by atoms with Crippen molar-refractivity contribution in [3.63, 3.8) is 0 Å². The highest BCUT2D eigenvalue weighted by Crippen LogP contribution is 2.28. The monoisotopic (exact) mass is 383 g/mol. The summed E-state index contributed by atoms with van der Waals surface area (Å²) >= 11 is 3.45. The van der Waals surface area contributed by atoms with Crippen LogP contribution in [0.15, 0.2) is 59.5 Å². The summed E-state index contributed by atoms with van der Waals surface area (Å²) < 4.78 is 3.26. The van der Waals surface area contributed by atoms with E-state index < -0.39 is 0 Å². The van der Waals surface area contributed by atoms with Gasteiger partial charge in [-0.3, -0.25) is 4.90 Å². The Bertz CT molecular complexity index is 827. The number of likely N-dealkylation sites (tertiary alicyclic amines) is 1. The predicted molar refractivity (Wildman–Crippen MR) is 102 cm³/mol. The zero-order chi connectivity index (χ0) is 16.5. The molecule has 4 rings (SSSR count). The van der Waals surface area contributed by atoms with Crippen LogP contribution in [0.3, 0.4) is 0 Å². The van der Waals surface area contributed by atoms with Crippen LogP contribution in [0, 0.1) is 5.92 Å². The van der Waals surface area contributed by atoms with Gasteiger partial charge < -0.3 is 4.57 Å². The Morgan fingerprint density at radius 1 is 1.21 bits per heavy atom. The first-order valence-corrected chi connectivity index (χ1v) is 9.37. The second kappa shape index (κ2) is 6.69. The maximum absolute atomic E-state index is 4.39. The highest BCUT2D eigenvalue weighted by Gasteiger charge is 2.29. The van der Waals surface area contributed by atoms with Gasteiger partial charge in [-0.1, -0.05) is 30.3 Å². The molecular weight excluding hydrogens is 362 g/mol. The molecule has 1 aliphatic rings. The first-order chi connectivity index (χ1) is 11.7. The van der Waals surface area contributed by atoms with Crippen LogP contribution in [0.1, 0.15) is 18.9 Å². The molecule has 124 valence electrons. The van der Waals surface area contributed by atoms with Gasteiger partial charge in [0.25, 0.3) is 0 Å². The van der Waals surface area contributed by atoms with E-state index in [2.05, 4.69) is 86.0 Å². The number of hydrogen-bond acceptors (Lipinski definition) is 2. The molecule has 2 aromatic heterocycles. The number of hydrogen-bond donors (Lipinski definition) is 0. The van der Waals surface area contributed by atoms with Crippen LogP contribution in [0.5, 0.6) is 0 Å². The highest BCUT2D eigenvalue weighted by molar-refractivity contribution is 9.10. The van der Waals surface area contributed by atoms with E-state index in [4.69, 9.17) is 0 Å². The average molecular weight is 384 g/mol. The van der Waals surface area contributed by atoms with Crippen LogP contribution in [-0.4, -0.2) is 27.0 Å². The third kappa shape index (κ3) is 3.26. The molecule has 1 aromatic carbocycles. The van der Waals surface area contributed by atoms with Crippen molar-refractivity contribution < 1.29 is 0 Å². The number of fused-ring (bicyclic) bond motifs is 1. The maximum atomic E-state index is 4.39. The summed E-state index contributed by atoms with van der Waals surface area (Å²) in [7, 11) is 0. The molecule has 1 unspecified atom stereocenters.